The Labute approximate surface area is 72.3 Å². The minimum atomic E-state index is 0.414. The summed E-state index contributed by atoms with van der Waals surface area (Å²) in [5, 5.41) is 9.41. The molecule has 0 bridgehead atoms. The minimum absolute atomic E-state index is 0.414. The third-order valence-corrected chi connectivity index (χ3v) is 1.88. The van der Waals surface area contributed by atoms with Crippen molar-refractivity contribution < 1.29 is 14.6 Å². The number of methoxy groups -OCH3 is 2. The van der Waals surface area contributed by atoms with Crippen LogP contribution in [0.15, 0.2) is 23.2 Å². The second-order valence-electron chi connectivity index (χ2n) is 2.72. The van der Waals surface area contributed by atoms with Crippen molar-refractivity contribution in [1.82, 2.24) is 0 Å². The highest BCUT2D eigenvalue weighted by atomic mass is 16.5. The van der Waals surface area contributed by atoms with E-state index >= 15 is 0 Å². The Morgan fingerprint density at radius 3 is 2.75 bits per heavy atom. The van der Waals surface area contributed by atoms with Gasteiger partial charge < -0.3 is 14.6 Å². The van der Waals surface area contributed by atoms with Crippen molar-refractivity contribution >= 4 is 0 Å². The van der Waals surface area contributed by atoms with E-state index in [1.165, 1.54) is 0 Å². The van der Waals surface area contributed by atoms with Gasteiger partial charge in [0.15, 0.2) is 0 Å². The number of hydrogen-bond acceptors (Lipinski definition) is 3. The quantitative estimate of drug-likeness (QED) is 0.701. The highest BCUT2D eigenvalue weighted by Crippen LogP contribution is 2.22. The molecule has 0 aromatic heterocycles. The van der Waals surface area contributed by atoms with Crippen LogP contribution < -0.4 is 0 Å². The average Bonchev–Trinajstić information content (AvgIpc) is 2.09. The molecule has 1 aliphatic carbocycles. The van der Waals surface area contributed by atoms with Gasteiger partial charge in [0.1, 0.15) is 0 Å². The molecule has 0 aromatic rings. The first-order chi connectivity index (χ1) is 5.77. The molecule has 0 saturated heterocycles. The molecule has 0 spiro atoms. The normalized spacial score (nSPS) is 17.7. The van der Waals surface area contributed by atoms with E-state index in [2.05, 4.69) is 0 Å². The zero-order chi connectivity index (χ0) is 8.97. The first-order valence-electron chi connectivity index (χ1n) is 3.92. The maximum Gasteiger partial charge on any atom is 0.0983 e. The third-order valence-electron chi connectivity index (χ3n) is 1.88. The van der Waals surface area contributed by atoms with E-state index in [1.54, 1.807) is 14.2 Å². The Hall–Kier alpha value is -0.960. The van der Waals surface area contributed by atoms with Crippen molar-refractivity contribution in [2.45, 2.75) is 12.8 Å². The van der Waals surface area contributed by atoms with Crippen molar-refractivity contribution in [1.29, 1.82) is 0 Å². The second kappa shape index (κ2) is 4.16. The van der Waals surface area contributed by atoms with Gasteiger partial charge in [-0.1, -0.05) is 0 Å². The summed E-state index contributed by atoms with van der Waals surface area (Å²) in [6.45, 7) is 0.443. The van der Waals surface area contributed by atoms with E-state index in [-0.39, 0.29) is 0 Å². The molecule has 1 N–H and O–H groups in total. The van der Waals surface area contributed by atoms with Gasteiger partial charge in [-0.3, -0.25) is 0 Å². The van der Waals surface area contributed by atoms with E-state index < -0.39 is 0 Å². The summed E-state index contributed by atoms with van der Waals surface area (Å²) in [5.74, 6) is 1.32. The molecule has 0 atom stereocenters. The second-order valence-corrected chi connectivity index (χ2v) is 2.72. The zero-order valence-electron chi connectivity index (χ0n) is 7.46. The lowest BCUT2D eigenvalue weighted by Gasteiger charge is -2.14. The fourth-order valence-electron chi connectivity index (χ4n) is 1.19. The molecule has 0 aliphatic heterocycles. The molecule has 1 rings (SSSR count). The third kappa shape index (κ3) is 2.01. The van der Waals surface area contributed by atoms with E-state index in [9.17, 15) is 5.11 Å². The van der Waals surface area contributed by atoms with Crippen LogP contribution in [0, 0.1) is 0 Å². The molecule has 0 fully saturated rings. The molecule has 0 unspecified atom stereocenters. The minimum Gasteiger partial charge on any atom is -0.512 e. The molecule has 3 nitrogen and oxygen atoms in total. The summed E-state index contributed by atoms with van der Waals surface area (Å²) in [7, 11) is 3.24. The summed E-state index contributed by atoms with van der Waals surface area (Å²) >= 11 is 0. The van der Waals surface area contributed by atoms with Crippen molar-refractivity contribution in [2.24, 2.45) is 0 Å². The Bertz CT molecular complexity index is 216. The van der Waals surface area contributed by atoms with Gasteiger partial charge in [0.25, 0.3) is 0 Å². The largest absolute Gasteiger partial charge is 0.512 e. The van der Waals surface area contributed by atoms with Gasteiger partial charge in [0, 0.05) is 25.5 Å². The monoisotopic (exact) mass is 170 g/mol. The molecule has 68 valence electrons. The van der Waals surface area contributed by atoms with Crippen molar-refractivity contribution in [2.75, 3.05) is 20.8 Å². The van der Waals surface area contributed by atoms with Gasteiger partial charge in [-0.2, -0.15) is 0 Å². The van der Waals surface area contributed by atoms with Crippen molar-refractivity contribution in [3.05, 3.63) is 23.2 Å². The molecule has 0 heterocycles. The fourth-order valence-corrected chi connectivity index (χ4v) is 1.19. The molecule has 1 aliphatic rings. The molecular weight excluding hydrogens is 156 g/mol. The van der Waals surface area contributed by atoms with Crippen LogP contribution >= 0.6 is 0 Å². The van der Waals surface area contributed by atoms with E-state index in [4.69, 9.17) is 9.47 Å². The number of rotatable bonds is 3. The van der Waals surface area contributed by atoms with Gasteiger partial charge in [0.05, 0.1) is 25.2 Å². The number of aliphatic hydroxyl groups excluding tert-OH is 1. The number of ether oxygens (including phenoxy) is 2. The van der Waals surface area contributed by atoms with Crippen LogP contribution in [0.2, 0.25) is 0 Å². The topological polar surface area (TPSA) is 38.7 Å². The number of allylic oxidation sites excluding steroid dienone is 2. The first kappa shape index (κ1) is 9.13. The summed E-state index contributed by atoms with van der Waals surface area (Å²) in [6.07, 6.45) is 3.26. The van der Waals surface area contributed by atoms with Crippen LogP contribution in [-0.4, -0.2) is 25.9 Å². The smallest absolute Gasteiger partial charge is 0.0983 e. The Kier molecular flexibility index (Phi) is 3.17. The SMILES string of the molecule is COCC1=C(O)CCC(OC)=C1. The molecule has 0 amide bonds. The van der Waals surface area contributed by atoms with Gasteiger partial charge in [-0.15, -0.1) is 0 Å². The highest BCUT2D eigenvalue weighted by molar-refractivity contribution is 5.28. The molecule has 0 saturated carbocycles. The molecule has 0 radical (unpaired) electrons. The summed E-state index contributed by atoms with van der Waals surface area (Å²) in [4.78, 5) is 0. The molecule has 0 aromatic carbocycles. The van der Waals surface area contributed by atoms with Crippen LogP contribution in [0.25, 0.3) is 0 Å². The van der Waals surface area contributed by atoms with Crippen LogP contribution in [0.1, 0.15) is 12.8 Å². The maximum atomic E-state index is 9.41. The van der Waals surface area contributed by atoms with Crippen LogP contribution in [0.5, 0.6) is 0 Å². The predicted molar refractivity (Wildman–Crippen MR) is 45.9 cm³/mol. The summed E-state index contributed by atoms with van der Waals surface area (Å²) < 4.78 is 10.0. The van der Waals surface area contributed by atoms with Crippen LogP contribution in [-0.2, 0) is 9.47 Å². The van der Waals surface area contributed by atoms with E-state index in [1.807, 2.05) is 6.08 Å². The van der Waals surface area contributed by atoms with Gasteiger partial charge in [0.2, 0.25) is 0 Å². The van der Waals surface area contributed by atoms with Crippen molar-refractivity contribution in [3.8, 4) is 0 Å². The number of hydrogen-bond donors (Lipinski definition) is 1. The lowest BCUT2D eigenvalue weighted by atomic mass is 10.0. The van der Waals surface area contributed by atoms with E-state index in [0.717, 1.165) is 17.8 Å². The van der Waals surface area contributed by atoms with Gasteiger partial charge >= 0.3 is 0 Å². The van der Waals surface area contributed by atoms with Crippen LogP contribution in [0.4, 0.5) is 0 Å². The average molecular weight is 170 g/mol. The Morgan fingerprint density at radius 2 is 2.17 bits per heavy atom. The van der Waals surface area contributed by atoms with Crippen LogP contribution in [0.3, 0.4) is 0 Å². The van der Waals surface area contributed by atoms with E-state index in [0.29, 0.717) is 18.8 Å². The summed E-state index contributed by atoms with van der Waals surface area (Å²) in [5.41, 5.74) is 0.820. The lowest BCUT2D eigenvalue weighted by molar-refractivity contribution is 0.215. The Balaban J connectivity index is 2.72. The standard InChI is InChI=1S/C9H14O3/c1-11-6-7-5-8(12-2)3-4-9(7)10/h5,10H,3-4,6H2,1-2H3. The van der Waals surface area contributed by atoms with Gasteiger partial charge in [-0.05, 0) is 6.08 Å². The maximum absolute atomic E-state index is 9.41. The summed E-state index contributed by atoms with van der Waals surface area (Å²) in [6, 6.07) is 0. The zero-order valence-corrected chi connectivity index (χ0v) is 7.46. The highest BCUT2D eigenvalue weighted by Gasteiger charge is 2.12. The molecule has 12 heavy (non-hydrogen) atoms. The molecular formula is C9H14O3. The van der Waals surface area contributed by atoms with Gasteiger partial charge in [-0.25, -0.2) is 0 Å². The lowest BCUT2D eigenvalue weighted by Crippen LogP contribution is -2.04. The number of aliphatic hydroxyl groups is 1. The first-order valence-corrected chi connectivity index (χ1v) is 3.92. The predicted octanol–water partition coefficient (Wildman–Crippen LogP) is 1.77. The fraction of sp³-hybridized carbons (Fsp3) is 0.556. The Morgan fingerprint density at radius 1 is 1.42 bits per heavy atom. The molecule has 3 heteroatoms. The van der Waals surface area contributed by atoms with Crippen molar-refractivity contribution in [3.63, 3.8) is 0 Å².